The van der Waals surface area contributed by atoms with Crippen LogP contribution in [0.3, 0.4) is 0 Å². The largest absolute Gasteiger partial charge is 0.480 e. The number of rotatable bonds is 14. The number of benzene rings is 2. The van der Waals surface area contributed by atoms with Crippen LogP contribution in [0.1, 0.15) is 38.7 Å². The van der Waals surface area contributed by atoms with Crippen molar-refractivity contribution >= 4 is 46.2 Å². The van der Waals surface area contributed by atoms with E-state index in [2.05, 4.69) is 15.7 Å². The predicted octanol–water partition coefficient (Wildman–Crippen LogP) is 4.22. The van der Waals surface area contributed by atoms with Gasteiger partial charge >= 0.3 is 12.1 Å². The molecule has 0 radical (unpaired) electrons. The van der Waals surface area contributed by atoms with E-state index < -0.39 is 47.2 Å². The van der Waals surface area contributed by atoms with Crippen LogP contribution < -0.4 is 16.5 Å². The summed E-state index contributed by atoms with van der Waals surface area (Å²) in [6.45, 7) is 2.43. The van der Waals surface area contributed by atoms with E-state index in [4.69, 9.17) is 22.1 Å². The van der Waals surface area contributed by atoms with E-state index in [0.717, 1.165) is 0 Å². The van der Waals surface area contributed by atoms with E-state index in [9.17, 15) is 33.4 Å². The molecule has 1 aromatic heterocycles. The fraction of sp³-hybridized carbons (Fsp3) is 0.379. The zero-order valence-electron chi connectivity index (χ0n) is 23.6. The maximum atomic E-state index is 13.7. The minimum Gasteiger partial charge on any atom is -0.480 e. The van der Waals surface area contributed by atoms with Gasteiger partial charge in [-0.1, -0.05) is 30.7 Å². The van der Waals surface area contributed by atoms with Gasteiger partial charge in [0.1, 0.15) is 29.6 Å². The Labute approximate surface area is 251 Å². The summed E-state index contributed by atoms with van der Waals surface area (Å²) in [5, 5.41) is 24.9. The third-order valence-corrected chi connectivity index (χ3v) is 7.48. The molecule has 43 heavy (non-hydrogen) atoms. The Morgan fingerprint density at radius 1 is 1.19 bits per heavy atom. The smallest absolute Gasteiger partial charge is 0.412 e. The molecule has 1 unspecified atom stereocenters. The number of aliphatic carboxylic acids is 1. The Hall–Kier alpha value is -3.91. The van der Waals surface area contributed by atoms with Crippen molar-refractivity contribution in [2.24, 2.45) is 11.7 Å². The molecule has 0 spiro atoms. The standard InChI is InChI=1S/C29H34ClF2N5O6/c1-17(15-37(18(2)38)35-14-20-5-3-7-24(32)26(20)30)29(33,27(40)41)10-4-6-23(39)16-43-28(42)36-25-12-21-11-22(31)9-8-19(21)13-34-25/h3,5,7-9,11-13,17,23,35,39H,4,6,10,14-16,33H2,1-2H3,(H,40,41)(H,34,36,42)/t17?,23-,29+/m0/s1. The first-order chi connectivity index (χ1) is 20.3. The van der Waals surface area contributed by atoms with E-state index in [0.29, 0.717) is 16.3 Å². The number of nitrogens with one attached hydrogen (secondary N) is 2. The fourth-order valence-corrected chi connectivity index (χ4v) is 4.57. The number of carboxylic acid groups (broad SMARTS) is 1. The number of amides is 2. The third kappa shape index (κ3) is 9.29. The summed E-state index contributed by atoms with van der Waals surface area (Å²) < 4.78 is 32.3. The average molecular weight is 622 g/mol. The molecule has 2 amide bonds. The highest BCUT2D eigenvalue weighted by molar-refractivity contribution is 6.31. The van der Waals surface area contributed by atoms with Crippen LogP contribution in [0.15, 0.2) is 48.7 Å². The molecule has 232 valence electrons. The van der Waals surface area contributed by atoms with Gasteiger partial charge in [0.15, 0.2) is 0 Å². The normalized spacial score (nSPS) is 14.0. The van der Waals surface area contributed by atoms with Crippen molar-refractivity contribution in [3.05, 3.63) is 70.9 Å². The number of fused-ring (bicyclic) bond motifs is 1. The van der Waals surface area contributed by atoms with E-state index in [1.807, 2.05) is 0 Å². The Balaban J connectivity index is 1.48. The van der Waals surface area contributed by atoms with Crippen LogP contribution in [0.2, 0.25) is 5.02 Å². The number of aromatic nitrogens is 1. The molecule has 0 aliphatic carbocycles. The number of carboxylic acids is 1. The van der Waals surface area contributed by atoms with Crippen molar-refractivity contribution in [1.82, 2.24) is 15.4 Å². The lowest BCUT2D eigenvalue weighted by molar-refractivity contribution is -0.147. The number of pyridine rings is 1. The number of hydrogen-bond acceptors (Lipinski definition) is 8. The molecule has 3 rings (SSSR count). The van der Waals surface area contributed by atoms with Gasteiger partial charge in [0.05, 0.1) is 11.1 Å². The fourth-order valence-electron chi connectivity index (χ4n) is 4.38. The molecule has 11 nitrogen and oxygen atoms in total. The van der Waals surface area contributed by atoms with Crippen molar-refractivity contribution in [2.75, 3.05) is 18.5 Å². The Morgan fingerprint density at radius 2 is 1.93 bits per heavy atom. The number of nitrogens with two attached hydrogens (primary N) is 1. The van der Waals surface area contributed by atoms with Crippen molar-refractivity contribution in [3.63, 3.8) is 0 Å². The topological polar surface area (TPSA) is 167 Å². The van der Waals surface area contributed by atoms with Crippen LogP contribution in [0.5, 0.6) is 0 Å². The number of ether oxygens (including phenoxy) is 1. The molecule has 0 saturated carbocycles. The maximum Gasteiger partial charge on any atom is 0.412 e. The monoisotopic (exact) mass is 621 g/mol. The number of aliphatic hydroxyl groups is 1. The average Bonchev–Trinajstić information content (AvgIpc) is 2.95. The van der Waals surface area contributed by atoms with Gasteiger partial charge in [0.25, 0.3) is 0 Å². The summed E-state index contributed by atoms with van der Waals surface area (Å²) >= 11 is 5.98. The molecular formula is C29H34ClF2N5O6. The Kier molecular flexibility index (Phi) is 11.7. The van der Waals surface area contributed by atoms with Gasteiger partial charge in [-0.25, -0.2) is 24.0 Å². The molecule has 3 atom stereocenters. The van der Waals surface area contributed by atoms with E-state index in [1.54, 1.807) is 19.1 Å². The van der Waals surface area contributed by atoms with Gasteiger partial charge in [-0.3, -0.25) is 19.9 Å². The number of carbonyl (C=O) groups excluding carboxylic acids is 2. The van der Waals surface area contributed by atoms with Crippen molar-refractivity contribution in [3.8, 4) is 0 Å². The van der Waals surface area contributed by atoms with E-state index >= 15 is 0 Å². The van der Waals surface area contributed by atoms with Crippen LogP contribution in [0, 0.1) is 17.6 Å². The third-order valence-electron chi connectivity index (χ3n) is 7.05. The molecule has 2 aromatic carbocycles. The highest BCUT2D eigenvalue weighted by Gasteiger charge is 2.40. The minimum absolute atomic E-state index is 0.0167. The highest BCUT2D eigenvalue weighted by atomic mass is 35.5. The van der Waals surface area contributed by atoms with Gasteiger partial charge in [-0.15, -0.1) is 0 Å². The summed E-state index contributed by atoms with van der Waals surface area (Å²) in [4.78, 5) is 40.6. The summed E-state index contributed by atoms with van der Waals surface area (Å²) in [7, 11) is 0. The lowest BCUT2D eigenvalue weighted by Gasteiger charge is -2.35. The molecule has 0 fully saturated rings. The molecule has 3 aromatic rings. The first-order valence-corrected chi connectivity index (χ1v) is 13.8. The van der Waals surface area contributed by atoms with E-state index in [-0.39, 0.29) is 49.8 Å². The number of halogens is 3. The number of hydrazine groups is 1. The quantitative estimate of drug-likeness (QED) is 0.166. The summed E-state index contributed by atoms with van der Waals surface area (Å²) in [6, 6.07) is 9.90. The Bertz CT molecular complexity index is 1460. The molecule has 0 aliphatic heterocycles. The predicted molar refractivity (Wildman–Crippen MR) is 156 cm³/mol. The first kappa shape index (κ1) is 33.6. The van der Waals surface area contributed by atoms with E-state index in [1.165, 1.54) is 48.5 Å². The summed E-state index contributed by atoms with van der Waals surface area (Å²) in [6.07, 6.45) is -0.329. The second-order valence-electron chi connectivity index (χ2n) is 10.3. The Morgan fingerprint density at radius 3 is 2.63 bits per heavy atom. The molecule has 0 bridgehead atoms. The van der Waals surface area contributed by atoms with Gasteiger partial charge < -0.3 is 20.7 Å². The molecule has 0 saturated heterocycles. The van der Waals surface area contributed by atoms with Crippen molar-refractivity contribution in [2.45, 2.75) is 51.3 Å². The SMILES string of the molecule is CC(=O)N(CC(C)[C@](N)(CCC[C@H](O)COC(=O)Nc1cc2cc(F)ccc2cn1)C(=O)O)NCc1cccc(F)c1Cl. The lowest BCUT2D eigenvalue weighted by Crippen LogP contribution is -2.58. The minimum atomic E-state index is -1.76. The number of aliphatic hydroxyl groups excluding tert-OH is 1. The number of anilines is 1. The second-order valence-corrected chi connectivity index (χ2v) is 10.6. The van der Waals surface area contributed by atoms with Crippen LogP contribution in [0.25, 0.3) is 10.8 Å². The molecule has 6 N–H and O–H groups in total. The van der Waals surface area contributed by atoms with Gasteiger partial charge in [0, 0.05) is 37.5 Å². The second kappa shape index (κ2) is 15.0. The summed E-state index contributed by atoms with van der Waals surface area (Å²) in [5.41, 5.74) is 7.78. The van der Waals surface area contributed by atoms with Gasteiger partial charge in [-0.2, -0.15) is 0 Å². The number of carbonyl (C=O) groups is 3. The van der Waals surface area contributed by atoms with Crippen LogP contribution in [0.4, 0.5) is 19.4 Å². The lowest BCUT2D eigenvalue weighted by atomic mass is 9.81. The van der Waals surface area contributed by atoms with Crippen LogP contribution in [-0.4, -0.2) is 63.0 Å². The molecule has 14 heteroatoms. The zero-order valence-corrected chi connectivity index (χ0v) is 24.4. The van der Waals surface area contributed by atoms with Crippen LogP contribution >= 0.6 is 11.6 Å². The summed E-state index contributed by atoms with van der Waals surface area (Å²) in [5.74, 6) is -3.36. The molecule has 0 aliphatic rings. The van der Waals surface area contributed by atoms with Crippen molar-refractivity contribution < 1.29 is 38.1 Å². The first-order valence-electron chi connectivity index (χ1n) is 13.4. The van der Waals surface area contributed by atoms with Crippen LogP contribution in [-0.2, 0) is 20.9 Å². The van der Waals surface area contributed by atoms with Crippen molar-refractivity contribution in [1.29, 1.82) is 0 Å². The highest BCUT2D eigenvalue weighted by Crippen LogP contribution is 2.25. The molecule has 1 heterocycles. The number of nitrogens with zero attached hydrogens (tertiary/aromatic N) is 2. The molecular weight excluding hydrogens is 588 g/mol. The maximum absolute atomic E-state index is 13.7. The zero-order chi connectivity index (χ0) is 31.7. The number of hydrogen-bond donors (Lipinski definition) is 5. The van der Waals surface area contributed by atoms with Gasteiger partial charge in [-0.05, 0) is 60.5 Å². The van der Waals surface area contributed by atoms with Gasteiger partial charge in [0.2, 0.25) is 5.91 Å².